The lowest BCUT2D eigenvalue weighted by molar-refractivity contribution is 0.596. The molecule has 10 aromatic rings. The number of para-hydroxylation sites is 1. The normalized spacial score (nSPS) is 12.7. The number of allylic oxidation sites excluding steroid dienone is 1. The molecule has 0 atom stereocenters. The van der Waals surface area contributed by atoms with E-state index in [-0.39, 0.29) is 0 Å². The van der Waals surface area contributed by atoms with Crippen molar-refractivity contribution in [2.75, 3.05) is 0 Å². The van der Waals surface area contributed by atoms with Crippen molar-refractivity contribution in [3.8, 4) is 44.5 Å². The molecule has 0 amide bonds. The first-order valence-corrected chi connectivity index (χ1v) is 18.6. The van der Waals surface area contributed by atoms with Gasteiger partial charge in [-0.25, -0.2) is 0 Å². The Morgan fingerprint density at radius 3 is 1.64 bits per heavy atom. The molecular formula is C52H34O. The molecule has 0 radical (unpaired) electrons. The van der Waals surface area contributed by atoms with Crippen molar-refractivity contribution >= 4 is 60.1 Å². The molecule has 0 spiro atoms. The van der Waals surface area contributed by atoms with E-state index in [1.807, 2.05) is 0 Å². The topological polar surface area (TPSA) is 13.1 Å². The molecule has 53 heavy (non-hydrogen) atoms. The van der Waals surface area contributed by atoms with E-state index in [1.165, 1.54) is 93.0 Å². The lowest BCUT2D eigenvalue weighted by Gasteiger charge is -2.18. The minimum atomic E-state index is 0.984. The molecule has 0 saturated heterocycles. The van der Waals surface area contributed by atoms with Crippen LogP contribution in [-0.2, 0) is 6.42 Å². The van der Waals surface area contributed by atoms with Crippen LogP contribution in [0.1, 0.15) is 17.7 Å². The van der Waals surface area contributed by atoms with Crippen LogP contribution in [0.4, 0.5) is 0 Å². The maximum atomic E-state index is 6.52. The molecule has 1 aliphatic rings. The van der Waals surface area contributed by atoms with Gasteiger partial charge < -0.3 is 4.42 Å². The second-order valence-electron chi connectivity index (χ2n) is 14.3. The maximum Gasteiger partial charge on any atom is 0.142 e. The molecule has 9 aromatic carbocycles. The zero-order valence-corrected chi connectivity index (χ0v) is 29.1. The largest absolute Gasteiger partial charge is 0.456 e. The van der Waals surface area contributed by atoms with E-state index in [2.05, 4.69) is 182 Å². The molecule has 0 N–H and O–H groups in total. The van der Waals surface area contributed by atoms with Crippen molar-refractivity contribution in [2.45, 2.75) is 12.8 Å². The van der Waals surface area contributed by atoms with Gasteiger partial charge in [-0.2, -0.15) is 0 Å². The van der Waals surface area contributed by atoms with Crippen LogP contribution >= 0.6 is 0 Å². The van der Waals surface area contributed by atoms with Crippen LogP contribution in [0.25, 0.3) is 105 Å². The quantitative estimate of drug-likeness (QED) is 0.169. The van der Waals surface area contributed by atoms with E-state index < -0.39 is 0 Å². The summed E-state index contributed by atoms with van der Waals surface area (Å²) in [5.41, 5.74) is 12.1. The first kappa shape index (κ1) is 30.0. The summed E-state index contributed by atoms with van der Waals surface area (Å²) in [6.07, 6.45) is 6.44. The third-order valence-electron chi connectivity index (χ3n) is 11.3. The number of rotatable bonds is 4. The average Bonchev–Trinajstić information content (AvgIpc) is 3.61. The molecule has 0 fully saturated rings. The predicted molar refractivity (Wildman–Crippen MR) is 225 cm³/mol. The third-order valence-corrected chi connectivity index (χ3v) is 11.3. The number of aryl methyl sites for hydroxylation is 1. The van der Waals surface area contributed by atoms with Gasteiger partial charge in [0.15, 0.2) is 0 Å². The standard InChI is InChI=1S/C52H34O/c1-2-13-36-32-37(29-24-33(36)12-1)51-45-19-7-5-17-43(45)50(44-18-6-8-20-46(44)51)35-27-25-34(26-28-35)38-30-31-41(40-15-4-3-14-39(38)40)47-21-11-22-48-42-16-9-10-23-49(42)53-52(47)48/h1-8,10-15,17-32H,9,16H2. The summed E-state index contributed by atoms with van der Waals surface area (Å²) in [6, 6.07) is 62.5. The fourth-order valence-electron chi connectivity index (χ4n) is 8.91. The molecule has 1 heteroatoms. The van der Waals surface area contributed by atoms with Crippen molar-refractivity contribution in [3.63, 3.8) is 0 Å². The molecular weight excluding hydrogens is 641 g/mol. The van der Waals surface area contributed by atoms with Crippen LogP contribution in [0.3, 0.4) is 0 Å². The van der Waals surface area contributed by atoms with Crippen LogP contribution in [0.2, 0.25) is 0 Å². The second-order valence-corrected chi connectivity index (χ2v) is 14.3. The lowest BCUT2D eigenvalue weighted by atomic mass is 9.85. The molecule has 0 aliphatic heterocycles. The molecule has 11 rings (SSSR count). The van der Waals surface area contributed by atoms with Crippen LogP contribution in [0.15, 0.2) is 180 Å². The van der Waals surface area contributed by atoms with Gasteiger partial charge in [0.05, 0.1) is 0 Å². The summed E-state index contributed by atoms with van der Waals surface area (Å²) in [4.78, 5) is 0. The average molecular weight is 675 g/mol. The van der Waals surface area contributed by atoms with E-state index in [0.717, 1.165) is 29.7 Å². The van der Waals surface area contributed by atoms with Gasteiger partial charge in [-0.1, -0.05) is 170 Å². The Bertz CT molecular complexity index is 3040. The van der Waals surface area contributed by atoms with Crippen molar-refractivity contribution in [3.05, 3.63) is 187 Å². The SMILES string of the molecule is C1=Cc2oc3c(-c4ccc(-c5ccc(-c6c7ccccc7c(-c7ccc8ccccc8c7)c7ccccc67)cc5)c5ccccc45)cccc3c2CC1. The van der Waals surface area contributed by atoms with Crippen molar-refractivity contribution in [1.29, 1.82) is 0 Å². The highest BCUT2D eigenvalue weighted by atomic mass is 16.3. The van der Waals surface area contributed by atoms with Crippen molar-refractivity contribution in [2.24, 2.45) is 0 Å². The summed E-state index contributed by atoms with van der Waals surface area (Å²) in [6.45, 7) is 0. The maximum absolute atomic E-state index is 6.52. The van der Waals surface area contributed by atoms with Crippen molar-refractivity contribution < 1.29 is 4.42 Å². The van der Waals surface area contributed by atoms with E-state index in [4.69, 9.17) is 4.42 Å². The van der Waals surface area contributed by atoms with Gasteiger partial charge in [0.25, 0.3) is 0 Å². The van der Waals surface area contributed by atoms with Crippen molar-refractivity contribution in [1.82, 2.24) is 0 Å². The smallest absolute Gasteiger partial charge is 0.142 e. The molecule has 0 bridgehead atoms. The zero-order valence-electron chi connectivity index (χ0n) is 29.1. The third kappa shape index (κ3) is 4.71. The molecule has 1 aliphatic carbocycles. The minimum Gasteiger partial charge on any atom is -0.456 e. The second kappa shape index (κ2) is 11.9. The highest BCUT2D eigenvalue weighted by Gasteiger charge is 2.20. The van der Waals surface area contributed by atoms with Crippen LogP contribution in [0, 0.1) is 0 Å². The Balaban J connectivity index is 1.05. The van der Waals surface area contributed by atoms with Gasteiger partial charge in [-0.3, -0.25) is 0 Å². The van der Waals surface area contributed by atoms with E-state index in [9.17, 15) is 0 Å². The first-order valence-electron chi connectivity index (χ1n) is 18.6. The molecule has 0 unspecified atom stereocenters. The fourth-order valence-corrected chi connectivity index (χ4v) is 8.91. The van der Waals surface area contributed by atoms with Crippen LogP contribution in [0.5, 0.6) is 0 Å². The van der Waals surface area contributed by atoms with Gasteiger partial charge in [0.2, 0.25) is 0 Å². The van der Waals surface area contributed by atoms with Gasteiger partial charge in [-0.05, 0) is 107 Å². The summed E-state index contributed by atoms with van der Waals surface area (Å²) in [7, 11) is 0. The summed E-state index contributed by atoms with van der Waals surface area (Å²) in [5.74, 6) is 1.00. The fraction of sp³-hybridized carbons (Fsp3) is 0.0385. The minimum absolute atomic E-state index is 0.984. The molecule has 248 valence electrons. The van der Waals surface area contributed by atoms with E-state index >= 15 is 0 Å². The number of hydrogen-bond donors (Lipinski definition) is 0. The van der Waals surface area contributed by atoms with Gasteiger partial charge >= 0.3 is 0 Å². The van der Waals surface area contributed by atoms with E-state index in [1.54, 1.807) is 0 Å². The van der Waals surface area contributed by atoms with Crippen LogP contribution < -0.4 is 0 Å². The lowest BCUT2D eigenvalue weighted by Crippen LogP contribution is -1.91. The Labute approximate surface area is 308 Å². The highest BCUT2D eigenvalue weighted by Crippen LogP contribution is 2.45. The van der Waals surface area contributed by atoms with Gasteiger partial charge in [0, 0.05) is 16.5 Å². The number of hydrogen-bond acceptors (Lipinski definition) is 1. The number of furan rings is 1. The van der Waals surface area contributed by atoms with Gasteiger partial charge in [0.1, 0.15) is 11.3 Å². The molecule has 1 heterocycles. The summed E-state index contributed by atoms with van der Waals surface area (Å²) < 4.78 is 6.52. The zero-order chi connectivity index (χ0) is 34.9. The van der Waals surface area contributed by atoms with Crippen LogP contribution in [-0.4, -0.2) is 0 Å². The Kier molecular flexibility index (Phi) is 6.75. The summed E-state index contributed by atoms with van der Waals surface area (Å²) >= 11 is 0. The van der Waals surface area contributed by atoms with Gasteiger partial charge in [-0.15, -0.1) is 0 Å². The predicted octanol–water partition coefficient (Wildman–Crippen LogP) is 14.7. The monoisotopic (exact) mass is 674 g/mol. The Morgan fingerprint density at radius 2 is 0.925 bits per heavy atom. The highest BCUT2D eigenvalue weighted by molar-refractivity contribution is 6.22. The molecule has 1 nitrogen and oxygen atoms in total. The number of fused-ring (bicyclic) bond motifs is 7. The van der Waals surface area contributed by atoms with E-state index in [0.29, 0.717) is 0 Å². The Morgan fingerprint density at radius 1 is 0.377 bits per heavy atom. The summed E-state index contributed by atoms with van der Waals surface area (Å²) in [5, 5.41) is 11.3. The first-order chi connectivity index (χ1) is 26.3. The molecule has 1 aromatic heterocycles. The Hall–Kier alpha value is -6.70. The molecule has 0 saturated carbocycles. The number of benzene rings is 9.